The number of H-pyrrole nitrogens is 1. The first-order chi connectivity index (χ1) is 8.56. The van der Waals surface area contributed by atoms with E-state index in [9.17, 15) is 4.39 Å². The van der Waals surface area contributed by atoms with E-state index in [2.05, 4.69) is 15.2 Å². The third-order valence-electron chi connectivity index (χ3n) is 2.28. The van der Waals surface area contributed by atoms with Crippen LogP contribution < -0.4 is 5.46 Å². The molecule has 94 valence electrons. The summed E-state index contributed by atoms with van der Waals surface area (Å²) in [6.07, 6.45) is 0. The van der Waals surface area contributed by atoms with Crippen LogP contribution in [0.4, 0.5) is 4.39 Å². The Hall–Kier alpha value is -1.38. The molecule has 0 bridgehead atoms. The normalized spacial score (nSPS) is 10.7. The summed E-state index contributed by atoms with van der Waals surface area (Å²) in [4.78, 5) is 4.12. The summed E-state index contributed by atoms with van der Waals surface area (Å²) < 4.78 is 13.2. The van der Waals surface area contributed by atoms with E-state index in [0.717, 1.165) is 11.4 Å². The lowest BCUT2D eigenvalue weighted by molar-refractivity contribution is 0.423. The lowest BCUT2D eigenvalue weighted by Gasteiger charge is -2.04. The smallest absolute Gasteiger partial charge is 0.423 e. The minimum Gasteiger partial charge on any atom is -0.423 e. The quantitative estimate of drug-likeness (QED) is 0.545. The molecule has 0 saturated carbocycles. The highest BCUT2D eigenvalue weighted by molar-refractivity contribution is 7.98. The fourth-order valence-corrected chi connectivity index (χ4v) is 2.20. The second kappa shape index (κ2) is 5.51. The van der Waals surface area contributed by atoms with Crippen molar-refractivity contribution >= 4 is 24.3 Å². The third kappa shape index (κ3) is 3.09. The fraction of sp³-hybridized carbons (Fsp3) is 0.200. The molecule has 0 amide bonds. The Morgan fingerprint density at radius 3 is 2.83 bits per heavy atom. The summed E-state index contributed by atoms with van der Waals surface area (Å²) in [7, 11) is -1.80. The van der Waals surface area contributed by atoms with Gasteiger partial charge in [-0.1, -0.05) is 23.9 Å². The van der Waals surface area contributed by atoms with E-state index in [4.69, 9.17) is 10.0 Å². The van der Waals surface area contributed by atoms with Gasteiger partial charge in [0, 0.05) is 11.2 Å². The van der Waals surface area contributed by atoms with Crippen LogP contribution in [0.25, 0.3) is 0 Å². The van der Waals surface area contributed by atoms with Crippen molar-refractivity contribution in [1.29, 1.82) is 0 Å². The number of aryl methyl sites for hydroxylation is 1. The Labute approximate surface area is 108 Å². The van der Waals surface area contributed by atoms with E-state index in [1.165, 1.54) is 23.9 Å². The van der Waals surface area contributed by atoms with Gasteiger partial charge in [-0.05, 0) is 18.6 Å². The zero-order valence-corrected chi connectivity index (χ0v) is 10.4. The number of rotatable bonds is 4. The highest BCUT2D eigenvalue weighted by atomic mass is 32.2. The summed E-state index contributed by atoms with van der Waals surface area (Å²) in [5.74, 6) is 0.618. The predicted octanol–water partition coefficient (Wildman–Crippen LogP) is 0.224. The Morgan fingerprint density at radius 2 is 2.22 bits per heavy atom. The van der Waals surface area contributed by atoms with Gasteiger partial charge in [-0.3, -0.25) is 5.10 Å². The number of aromatic amines is 1. The summed E-state index contributed by atoms with van der Waals surface area (Å²) in [6.45, 7) is 1.80. The van der Waals surface area contributed by atoms with Crippen LogP contribution in [0.5, 0.6) is 0 Å². The van der Waals surface area contributed by atoms with Crippen molar-refractivity contribution < 1.29 is 14.4 Å². The topological polar surface area (TPSA) is 82.0 Å². The van der Waals surface area contributed by atoms with Gasteiger partial charge in [0.25, 0.3) is 0 Å². The molecule has 5 nitrogen and oxygen atoms in total. The number of thioether (sulfide) groups is 1. The summed E-state index contributed by atoms with van der Waals surface area (Å²) in [5, 5.41) is 25.3. The second-order valence-electron chi connectivity index (χ2n) is 3.72. The van der Waals surface area contributed by atoms with Crippen LogP contribution >= 0.6 is 11.8 Å². The number of halogens is 1. The van der Waals surface area contributed by atoms with Crippen LogP contribution in [0.15, 0.2) is 23.4 Å². The summed E-state index contributed by atoms with van der Waals surface area (Å²) >= 11 is 1.38. The van der Waals surface area contributed by atoms with Crippen molar-refractivity contribution in [2.45, 2.75) is 17.8 Å². The molecule has 0 spiro atoms. The molecule has 0 aliphatic rings. The maximum atomic E-state index is 13.2. The van der Waals surface area contributed by atoms with Crippen LogP contribution in [0.2, 0.25) is 0 Å². The van der Waals surface area contributed by atoms with Gasteiger partial charge in [-0.15, -0.1) is 5.10 Å². The number of hydrogen-bond acceptors (Lipinski definition) is 5. The van der Waals surface area contributed by atoms with Gasteiger partial charge in [0.1, 0.15) is 11.6 Å². The molecule has 2 rings (SSSR count). The van der Waals surface area contributed by atoms with Crippen molar-refractivity contribution in [1.82, 2.24) is 15.2 Å². The van der Waals surface area contributed by atoms with Crippen LogP contribution in [0.1, 0.15) is 11.4 Å². The Kier molecular flexibility index (Phi) is 4.00. The van der Waals surface area contributed by atoms with Crippen LogP contribution in [0.3, 0.4) is 0 Å². The van der Waals surface area contributed by atoms with Gasteiger partial charge in [-0.2, -0.15) is 0 Å². The van der Waals surface area contributed by atoms with Gasteiger partial charge in [0.05, 0.1) is 0 Å². The van der Waals surface area contributed by atoms with E-state index in [1.807, 2.05) is 0 Å². The molecule has 18 heavy (non-hydrogen) atoms. The largest absolute Gasteiger partial charge is 0.491 e. The van der Waals surface area contributed by atoms with Gasteiger partial charge in [-0.25, -0.2) is 9.37 Å². The van der Waals surface area contributed by atoms with Gasteiger partial charge in [0.2, 0.25) is 5.16 Å². The van der Waals surface area contributed by atoms with E-state index in [0.29, 0.717) is 10.9 Å². The lowest BCUT2D eigenvalue weighted by Crippen LogP contribution is -2.33. The fourth-order valence-electron chi connectivity index (χ4n) is 1.42. The minimum absolute atomic E-state index is 0.126. The second-order valence-corrected chi connectivity index (χ2v) is 4.66. The molecule has 0 unspecified atom stereocenters. The molecule has 1 aromatic carbocycles. The molecule has 0 aliphatic carbocycles. The summed E-state index contributed by atoms with van der Waals surface area (Å²) in [5.41, 5.74) is 0.645. The van der Waals surface area contributed by atoms with Crippen LogP contribution in [-0.4, -0.2) is 32.3 Å². The molecule has 0 aliphatic heterocycles. The predicted molar refractivity (Wildman–Crippen MR) is 66.9 cm³/mol. The average molecular weight is 267 g/mol. The molecule has 8 heteroatoms. The molecule has 0 atom stereocenters. The van der Waals surface area contributed by atoms with Crippen molar-refractivity contribution in [3.05, 3.63) is 35.4 Å². The maximum absolute atomic E-state index is 13.2. The van der Waals surface area contributed by atoms with Crippen LogP contribution in [-0.2, 0) is 5.75 Å². The van der Waals surface area contributed by atoms with E-state index in [1.54, 1.807) is 13.0 Å². The van der Waals surface area contributed by atoms with Gasteiger partial charge >= 0.3 is 7.12 Å². The number of nitrogens with zero attached hydrogens (tertiary/aromatic N) is 2. The first-order valence-corrected chi connectivity index (χ1v) is 6.21. The number of benzene rings is 1. The molecule has 0 radical (unpaired) electrons. The van der Waals surface area contributed by atoms with Gasteiger partial charge in [0.15, 0.2) is 0 Å². The van der Waals surface area contributed by atoms with Crippen molar-refractivity contribution in [3.8, 4) is 0 Å². The molecule has 0 saturated heterocycles. The maximum Gasteiger partial charge on any atom is 0.491 e. The molecule has 0 fully saturated rings. The SMILES string of the molecule is Cc1nc(SCc2ccc(F)c(B(O)O)c2)n[nH]1. The van der Waals surface area contributed by atoms with Crippen LogP contribution in [0, 0.1) is 12.7 Å². The van der Waals surface area contributed by atoms with Crippen molar-refractivity contribution in [2.75, 3.05) is 0 Å². The number of hydrogen-bond donors (Lipinski definition) is 3. The van der Waals surface area contributed by atoms with E-state index >= 15 is 0 Å². The van der Waals surface area contributed by atoms with E-state index < -0.39 is 12.9 Å². The lowest BCUT2D eigenvalue weighted by atomic mass is 9.79. The standard InChI is InChI=1S/C10H11BFN3O2S/c1-6-13-10(15-14-6)18-5-7-2-3-9(12)8(4-7)11(16)17/h2-4,16-17H,5H2,1H3,(H,13,14,15). The van der Waals surface area contributed by atoms with Crippen molar-refractivity contribution in [3.63, 3.8) is 0 Å². The van der Waals surface area contributed by atoms with Crippen molar-refractivity contribution in [2.24, 2.45) is 0 Å². The zero-order valence-electron chi connectivity index (χ0n) is 9.59. The number of nitrogens with one attached hydrogen (secondary N) is 1. The highest BCUT2D eigenvalue weighted by Gasteiger charge is 2.16. The average Bonchev–Trinajstić information content (AvgIpc) is 2.74. The molecule has 3 N–H and O–H groups in total. The highest BCUT2D eigenvalue weighted by Crippen LogP contribution is 2.18. The van der Waals surface area contributed by atoms with E-state index in [-0.39, 0.29) is 5.46 Å². The first-order valence-electron chi connectivity index (χ1n) is 5.22. The Bertz CT molecular complexity index is 550. The molecule has 1 heterocycles. The zero-order chi connectivity index (χ0) is 13.1. The Balaban J connectivity index is 2.08. The molecular formula is C10H11BFN3O2S. The monoisotopic (exact) mass is 267 g/mol. The molecular weight excluding hydrogens is 256 g/mol. The molecule has 2 aromatic rings. The van der Waals surface area contributed by atoms with Gasteiger partial charge < -0.3 is 10.0 Å². The summed E-state index contributed by atoms with van der Waals surface area (Å²) in [6, 6.07) is 4.23. The molecule has 1 aromatic heterocycles. The Morgan fingerprint density at radius 1 is 1.44 bits per heavy atom. The first kappa shape index (κ1) is 13.1. The third-order valence-corrected chi connectivity index (χ3v) is 3.20. The number of aromatic nitrogens is 3. The minimum atomic E-state index is -1.80.